The number of hydrogen-bond acceptors (Lipinski definition) is 6. The highest BCUT2D eigenvalue weighted by atomic mass is 79.9. The van der Waals surface area contributed by atoms with E-state index in [1.54, 1.807) is 31.4 Å². The second-order valence-electron chi connectivity index (χ2n) is 4.73. The number of nitrogens with zero attached hydrogens (tertiary/aromatic N) is 2. The topological polar surface area (TPSA) is 103 Å². The molecule has 2 aromatic carbocycles. The normalized spacial score (nSPS) is 10.5. The maximum absolute atomic E-state index is 11.7. The van der Waals surface area contributed by atoms with Crippen molar-refractivity contribution in [3.05, 3.63) is 62.6 Å². The van der Waals surface area contributed by atoms with Gasteiger partial charge < -0.3 is 9.47 Å². The van der Waals surface area contributed by atoms with E-state index in [1.165, 1.54) is 24.4 Å². The van der Waals surface area contributed by atoms with E-state index in [-0.39, 0.29) is 12.3 Å². The van der Waals surface area contributed by atoms with Gasteiger partial charge >= 0.3 is 0 Å². The molecule has 0 unspecified atom stereocenters. The van der Waals surface area contributed by atoms with Crippen molar-refractivity contribution in [3.63, 3.8) is 0 Å². The maximum atomic E-state index is 11.7. The third kappa shape index (κ3) is 5.57. The summed E-state index contributed by atoms with van der Waals surface area (Å²) in [4.78, 5) is 21.9. The molecule has 0 fully saturated rings. The zero-order valence-corrected chi connectivity index (χ0v) is 14.7. The number of halogens is 1. The van der Waals surface area contributed by atoms with E-state index in [2.05, 4.69) is 26.5 Å². The van der Waals surface area contributed by atoms with Gasteiger partial charge in [0.2, 0.25) is 0 Å². The van der Waals surface area contributed by atoms with Crippen molar-refractivity contribution in [1.29, 1.82) is 0 Å². The van der Waals surface area contributed by atoms with Gasteiger partial charge in [-0.25, -0.2) is 5.43 Å². The van der Waals surface area contributed by atoms with E-state index < -0.39 is 10.8 Å². The van der Waals surface area contributed by atoms with E-state index in [9.17, 15) is 14.9 Å². The van der Waals surface area contributed by atoms with Crippen molar-refractivity contribution in [3.8, 4) is 11.5 Å². The summed E-state index contributed by atoms with van der Waals surface area (Å²) in [6.45, 7) is -0.239. The number of hydrogen-bond donors (Lipinski definition) is 1. The van der Waals surface area contributed by atoms with Crippen molar-refractivity contribution < 1.29 is 19.2 Å². The molecular weight excluding hydrogens is 394 g/mol. The molecule has 1 N–H and O–H groups in total. The average molecular weight is 408 g/mol. The fourth-order valence-electron chi connectivity index (χ4n) is 1.80. The molecule has 2 rings (SSSR count). The van der Waals surface area contributed by atoms with E-state index in [1.807, 2.05) is 0 Å². The second-order valence-corrected chi connectivity index (χ2v) is 5.58. The molecule has 0 radical (unpaired) electrons. The van der Waals surface area contributed by atoms with Crippen LogP contribution in [0.1, 0.15) is 5.56 Å². The van der Waals surface area contributed by atoms with Gasteiger partial charge in [0.25, 0.3) is 11.6 Å². The molecule has 9 heteroatoms. The Kier molecular flexibility index (Phi) is 6.47. The number of amides is 1. The summed E-state index contributed by atoms with van der Waals surface area (Å²) in [5, 5.41) is 14.4. The summed E-state index contributed by atoms with van der Waals surface area (Å²) in [5.74, 6) is 0.674. The Bertz CT molecular complexity index is 810. The molecule has 1 amide bonds. The van der Waals surface area contributed by atoms with Crippen LogP contribution in [0.4, 0.5) is 5.69 Å². The van der Waals surface area contributed by atoms with Crippen LogP contribution in [0.2, 0.25) is 0 Å². The molecule has 25 heavy (non-hydrogen) atoms. The number of methoxy groups -OCH3 is 1. The largest absolute Gasteiger partial charge is 0.497 e. The zero-order chi connectivity index (χ0) is 18.2. The number of ether oxygens (including phenoxy) is 2. The molecule has 0 aliphatic carbocycles. The number of benzene rings is 2. The van der Waals surface area contributed by atoms with E-state index in [0.717, 1.165) is 0 Å². The maximum Gasteiger partial charge on any atom is 0.277 e. The monoisotopic (exact) mass is 407 g/mol. The van der Waals surface area contributed by atoms with Gasteiger partial charge in [-0.3, -0.25) is 14.9 Å². The second kappa shape index (κ2) is 8.78. The van der Waals surface area contributed by atoms with Crippen LogP contribution < -0.4 is 14.9 Å². The smallest absolute Gasteiger partial charge is 0.277 e. The SMILES string of the molecule is COc1ccc(OCC(=O)N/N=C\c2cccc([N+](=O)[O-])c2)c(Br)c1. The molecule has 8 nitrogen and oxygen atoms in total. The van der Waals surface area contributed by atoms with Crippen LogP contribution in [0.15, 0.2) is 52.0 Å². The molecule has 2 aromatic rings. The highest BCUT2D eigenvalue weighted by Gasteiger charge is 2.07. The number of nitrogens with one attached hydrogen (secondary N) is 1. The lowest BCUT2D eigenvalue weighted by Crippen LogP contribution is -2.24. The summed E-state index contributed by atoms with van der Waals surface area (Å²) in [5.41, 5.74) is 2.73. The summed E-state index contributed by atoms with van der Waals surface area (Å²) < 4.78 is 11.1. The van der Waals surface area contributed by atoms with Gasteiger partial charge in [-0.15, -0.1) is 0 Å². The Morgan fingerprint density at radius 1 is 1.36 bits per heavy atom. The number of rotatable bonds is 7. The Morgan fingerprint density at radius 2 is 2.16 bits per heavy atom. The molecule has 0 heterocycles. The predicted molar refractivity (Wildman–Crippen MR) is 95.0 cm³/mol. The fraction of sp³-hybridized carbons (Fsp3) is 0.125. The number of nitro groups is 1. The van der Waals surface area contributed by atoms with Crippen LogP contribution in [0.25, 0.3) is 0 Å². The lowest BCUT2D eigenvalue weighted by atomic mass is 10.2. The van der Waals surface area contributed by atoms with Crippen LogP contribution in [0, 0.1) is 10.1 Å². The Labute approximate surface area is 151 Å². The van der Waals surface area contributed by atoms with E-state index >= 15 is 0 Å². The van der Waals surface area contributed by atoms with Crippen LogP contribution in [-0.2, 0) is 4.79 Å². The minimum Gasteiger partial charge on any atom is -0.497 e. The molecule has 0 spiro atoms. The van der Waals surface area contributed by atoms with Gasteiger partial charge in [-0.2, -0.15) is 5.10 Å². The van der Waals surface area contributed by atoms with Crippen LogP contribution in [-0.4, -0.2) is 30.8 Å². The first kappa shape index (κ1) is 18.4. The Morgan fingerprint density at radius 3 is 2.84 bits per heavy atom. The van der Waals surface area contributed by atoms with E-state index in [4.69, 9.17) is 9.47 Å². The molecule has 130 valence electrons. The first-order valence-corrected chi connectivity index (χ1v) is 7.81. The highest BCUT2D eigenvalue weighted by molar-refractivity contribution is 9.10. The molecule has 0 aliphatic rings. The number of non-ortho nitro benzene ring substituents is 1. The summed E-state index contributed by atoms with van der Waals surface area (Å²) in [6.07, 6.45) is 1.31. The quantitative estimate of drug-likeness (QED) is 0.431. The van der Waals surface area contributed by atoms with E-state index in [0.29, 0.717) is 21.5 Å². The minimum absolute atomic E-state index is 0.0528. The van der Waals surface area contributed by atoms with Crippen LogP contribution in [0.3, 0.4) is 0 Å². The Hall–Kier alpha value is -2.94. The minimum atomic E-state index is -0.503. The van der Waals surface area contributed by atoms with Crippen molar-refractivity contribution >= 4 is 33.7 Å². The van der Waals surface area contributed by atoms with Gasteiger partial charge in [0.15, 0.2) is 6.61 Å². The van der Waals surface area contributed by atoms with Crippen molar-refractivity contribution in [2.75, 3.05) is 13.7 Å². The molecular formula is C16H14BrN3O5. The van der Waals surface area contributed by atoms with Gasteiger partial charge in [0.05, 0.1) is 22.7 Å². The standard InChI is InChI=1S/C16H14BrN3O5/c1-24-13-5-6-15(14(17)8-13)25-10-16(21)19-18-9-11-3-2-4-12(7-11)20(22)23/h2-9H,10H2,1H3,(H,19,21)/b18-9-. The number of nitro benzene ring substituents is 1. The molecule has 0 saturated heterocycles. The summed E-state index contributed by atoms with van der Waals surface area (Å²) >= 11 is 3.32. The van der Waals surface area contributed by atoms with Gasteiger partial charge in [-0.1, -0.05) is 12.1 Å². The third-order valence-corrected chi connectivity index (χ3v) is 3.60. The molecule has 0 aliphatic heterocycles. The van der Waals surface area contributed by atoms with Gasteiger partial charge in [-0.05, 0) is 34.1 Å². The number of hydrazone groups is 1. The zero-order valence-electron chi connectivity index (χ0n) is 13.1. The molecule has 0 saturated carbocycles. The Balaban J connectivity index is 1.86. The first-order chi connectivity index (χ1) is 12.0. The summed E-state index contributed by atoms with van der Waals surface area (Å²) in [6, 6.07) is 11.0. The molecule has 0 aromatic heterocycles. The number of carbonyl (C=O) groups excluding carboxylic acids is 1. The average Bonchev–Trinajstić information content (AvgIpc) is 2.60. The van der Waals surface area contributed by atoms with Crippen molar-refractivity contribution in [2.45, 2.75) is 0 Å². The lowest BCUT2D eigenvalue weighted by molar-refractivity contribution is -0.384. The lowest BCUT2D eigenvalue weighted by Gasteiger charge is -2.08. The molecule has 0 bridgehead atoms. The van der Waals surface area contributed by atoms with Crippen molar-refractivity contribution in [1.82, 2.24) is 5.43 Å². The molecule has 0 atom stereocenters. The van der Waals surface area contributed by atoms with Gasteiger partial charge in [0, 0.05) is 17.7 Å². The fourth-order valence-corrected chi connectivity index (χ4v) is 2.27. The predicted octanol–water partition coefficient (Wildman–Crippen LogP) is 2.90. The first-order valence-electron chi connectivity index (χ1n) is 7.02. The third-order valence-electron chi connectivity index (χ3n) is 2.98. The summed E-state index contributed by atoms with van der Waals surface area (Å²) in [7, 11) is 1.55. The van der Waals surface area contributed by atoms with Crippen LogP contribution >= 0.6 is 15.9 Å². The van der Waals surface area contributed by atoms with Crippen molar-refractivity contribution in [2.24, 2.45) is 5.10 Å². The number of carbonyl (C=O) groups is 1. The highest BCUT2D eigenvalue weighted by Crippen LogP contribution is 2.28. The van der Waals surface area contributed by atoms with Gasteiger partial charge in [0.1, 0.15) is 11.5 Å². The van der Waals surface area contributed by atoms with Crippen LogP contribution in [0.5, 0.6) is 11.5 Å².